The lowest BCUT2D eigenvalue weighted by Crippen LogP contribution is -2.39. The normalized spacial score (nSPS) is 19.1. The fraction of sp³-hybridized carbons (Fsp3) is 0.208. The number of imidazole rings is 1. The fourth-order valence-corrected chi connectivity index (χ4v) is 5.21. The Balaban J connectivity index is 1.30. The van der Waals surface area contributed by atoms with E-state index in [1.54, 1.807) is 29.3 Å². The maximum atomic E-state index is 15.3. The first kappa shape index (κ1) is 23.0. The molecule has 0 aliphatic carbocycles. The smallest absolute Gasteiger partial charge is 0.267 e. The van der Waals surface area contributed by atoms with Crippen LogP contribution in [0.5, 0.6) is 0 Å². The second kappa shape index (κ2) is 8.89. The molecular formula is C24H19ClFN9O2. The topological polar surface area (TPSA) is 149 Å². The van der Waals surface area contributed by atoms with E-state index >= 15 is 4.39 Å². The highest BCUT2D eigenvalue weighted by atomic mass is 35.5. The maximum absolute atomic E-state index is 15.3. The van der Waals surface area contributed by atoms with Crippen LogP contribution in [0.1, 0.15) is 47.2 Å². The van der Waals surface area contributed by atoms with E-state index in [0.717, 1.165) is 12.0 Å². The summed E-state index contributed by atoms with van der Waals surface area (Å²) in [7, 11) is 0. The van der Waals surface area contributed by atoms with E-state index in [1.165, 1.54) is 29.3 Å². The van der Waals surface area contributed by atoms with E-state index in [0.29, 0.717) is 35.6 Å². The number of nitrogens with two attached hydrogens (primary N) is 1. The van der Waals surface area contributed by atoms with Crippen LogP contribution < -0.4 is 5.73 Å². The Morgan fingerprint density at radius 3 is 2.76 bits per heavy atom. The Kier molecular flexibility index (Phi) is 5.52. The molecular weight excluding hydrogens is 501 g/mol. The first-order chi connectivity index (χ1) is 17.9. The number of aromatic amines is 1. The molecule has 0 unspecified atom stereocenters. The van der Waals surface area contributed by atoms with Crippen molar-refractivity contribution in [3.63, 3.8) is 0 Å². The van der Waals surface area contributed by atoms with Gasteiger partial charge in [-0.05, 0) is 59.5 Å². The number of rotatable bonds is 5. The highest BCUT2D eigenvalue weighted by molar-refractivity contribution is 6.31. The molecule has 2 atom stereocenters. The number of fused-ring (bicyclic) bond motifs is 1. The van der Waals surface area contributed by atoms with Gasteiger partial charge >= 0.3 is 0 Å². The lowest BCUT2D eigenvalue weighted by atomic mass is 9.92. The van der Waals surface area contributed by atoms with Gasteiger partial charge in [0.1, 0.15) is 17.8 Å². The molecule has 2 aliphatic heterocycles. The van der Waals surface area contributed by atoms with Crippen molar-refractivity contribution in [2.24, 2.45) is 5.73 Å². The van der Waals surface area contributed by atoms with Crippen LogP contribution in [0.4, 0.5) is 4.39 Å². The van der Waals surface area contributed by atoms with Crippen LogP contribution in [0, 0.1) is 5.82 Å². The average molecular weight is 520 g/mol. The SMILES string of the molecule is NC(=O)c1ccc(-c2cnc([C@H]3CC[C@@H]4CC(c5c(-n6cnnn6)ccc(Cl)c5F)=CC(=O)N43)[nH]2)cn1. The number of carbonyl (C=O) groups is 2. The van der Waals surface area contributed by atoms with Crippen LogP contribution in [-0.2, 0) is 4.79 Å². The number of halogens is 2. The van der Waals surface area contributed by atoms with Gasteiger partial charge in [0.15, 0.2) is 5.82 Å². The van der Waals surface area contributed by atoms with E-state index in [2.05, 4.69) is 30.5 Å². The molecule has 4 aromatic rings. The minimum atomic E-state index is -0.622. The predicted molar refractivity (Wildman–Crippen MR) is 130 cm³/mol. The second-order valence-electron chi connectivity index (χ2n) is 8.85. The van der Waals surface area contributed by atoms with Gasteiger partial charge in [-0.3, -0.25) is 14.6 Å². The quantitative estimate of drug-likeness (QED) is 0.411. The molecule has 3 N–H and O–H groups in total. The van der Waals surface area contributed by atoms with Gasteiger partial charge in [0.05, 0.1) is 28.6 Å². The van der Waals surface area contributed by atoms with E-state index in [4.69, 9.17) is 17.3 Å². The van der Waals surface area contributed by atoms with Crippen LogP contribution in [0.3, 0.4) is 0 Å². The number of primary amides is 1. The maximum Gasteiger partial charge on any atom is 0.267 e. The van der Waals surface area contributed by atoms with Gasteiger partial charge in [-0.2, -0.15) is 4.68 Å². The lowest BCUT2D eigenvalue weighted by molar-refractivity contribution is -0.129. The summed E-state index contributed by atoms with van der Waals surface area (Å²) in [5.74, 6) is -0.817. The molecule has 3 aromatic heterocycles. The van der Waals surface area contributed by atoms with Gasteiger partial charge in [-0.1, -0.05) is 11.6 Å². The minimum Gasteiger partial charge on any atom is -0.364 e. The van der Waals surface area contributed by atoms with E-state index in [-0.39, 0.29) is 34.3 Å². The largest absolute Gasteiger partial charge is 0.364 e. The van der Waals surface area contributed by atoms with Crippen molar-refractivity contribution in [3.8, 4) is 16.9 Å². The molecule has 1 saturated heterocycles. The molecule has 1 aromatic carbocycles. The highest BCUT2D eigenvalue weighted by Crippen LogP contribution is 2.44. The number of pyridine rings is 1. The van der Waals surface area contributed by atoms with Gasteiger partial charge in [0.2, 0.25) is 5.91 Å². The molecule has 37 heavy (non-hydrogen) atoms. The summed E-state index contributed by atoms with van der Waals surface area (Å²) in [4.78, 5) is 38.3. The number of hydrogen-bond donors (Lipinski definition) is 2. The zero-order valence-electron chi connectivity index (χ0n) is 19.2. The zero-order chi connectivity index (χ0) is 25.7. The third-order valence-electron chi connectivity index (χ3n) is 6.74. The van der Waals surface area contributed by atoms with Crippen molar-refractivity contribution in [1.29, 1.82) is 0 Å². The monoisotopic (exact) mass is 519 g/mol. The van der Waals surface area contributed by atoms with E-state index in [1.807, 2.05) is 0 Å². The number of aromatic nitrogens is 7. The standard InChI is InChI=1S/C24H19ClFN9O2/c25-15-3-6-18(34-11-30-32-33-34)21(22(15)26)13-7-14-2-5-19(35(14)20(36)8-13)24-29-10-17(31-24)12-1-4-16(23(27)37)28-9-12/h1,3-4,6,8-11,14,19H,2,5,7H2,(H2,27,37)(H,29,31)/t14-,19-/m1/s1. The summed E-state index contributed by atoms with van der Waals surface area (Å²) in [6, 6.07) is 5.94. The summed E-state index contributed by atoms with van der Waals surface area (Å²) >= 11 is 6.10. The van der Waals surface area contributed by atoms with Crippen LogP contribution >= 0.6 is 11.6 Å². The molecule has 186 valence electrons. The number of nitrogens with one attached hydrogen (secondary N) is 1. The van der Waals surface area contributed by atoms with Crippen LogP contribution in [-0.4, -0.2) is 57.9 Å². The summed E-state index contributed by atoms with van der Waals surface area (Å²) in [6.45, 7) is 0. The predicted octanol–water partition coefficient (Wildman–Crippen LogP) is 2.86. The third kappa shape index (κ3) is 3.95. The molecule has 0 radical (unpaired) electrons. The number of nitrogens with zero attached hydrogens (tertiary/aromatic N) is 7. The number of tetrazole rings is 1. The van der Waals surface area contributed by atoms with Crippen molar-refractivity contribution in [2.75, 3.05) is 0 Å². The van der Waals surface area contributed by atoms with Crippen molar-refractivity contribution >= 4 is 29.0 Å². The van der Waals surface area contributed by atoms with Crippen LogP contribution in [0.15, 0.2) is 49.1 Å². The number of carbonyl (C=O) groups excluding carboxylic acids is 2. The number of H-pyrrole nitrogens is 1. The summed E-state index contributed by atoms with van der Waals surface area (Å²) < 4.78 is 16.6. The van der Waals surface area contributed by atoms with Gasteiger partial charge in [-0.25, -0.2) is 9.37 Å². The molecule has 6 rings (SSSR count). The third-order valence-corrected chi connectivity index (χ3v) is 7.03. The molecule has 2 amide bonds. The minimum absolute atomic E-state index is 0.0478. The molecule has 11 nitrogen and oxygen atoms in total. The Bertz CT molecular complexity index is 1550. The second-order valence-corrected chi connectivity index (χ2v) is 9.26. The molecule has 1 fully saturated rings. The van der Waals surface area contributed by atoms with Crippen molar-refractivity contribution < 1.29 is 14.0 Å². The van der Waals surface area contributed by atoms with Crippen LogP contribution in [0.25, 0.3) is 22.5 Å². The van der Waals surface area contributed by atoms with E-state index < -0.39 is 11.7 Å². The first-order valence-corrected chi connectivity index (χ1v) is 11.8. The Labute approximate surface area is 214 Å². The van der Waals surface area contributed by atoms with Gasteiger partial charge in [0, 0.05) is 29.4 Å². The Hall–Kier alpha value is -4.45. The number of hydrogen-bond acceptors (Lipinski definition) is 7. The highest BCUT2D eigenvalue weighted by Gasteiger charge is 2.42. The van der Waals surface area contributed by atoms with Crippen LogP contribution in [0.2, 0.25) is 5.02 Å². The van der Waals surface area contributed by atoms with E-state index in [9.17, 15) is 9.59 Å². The zero-order valence-corrected chi connectivity index (χ0v) is 19.9. The lowest BCUT2D eigenvalue weighted by Gasteiger charge is -2.33. The van der Waals surface area contributed by atoms with Crippen molar-refractivity contribution in [1.82, 2.24) is 40.1 Å². The molecule has 0 saturated carbocycles. The number of benzene rings is 1. The van der Waals surface area contributed by atoms with Crippen molar-refractivity contribution in [2.45, 2.75) is 31.3 Å². The van der Waals surface area contributed by atoms with Gasteiger partial charge < -0.3 is 15.6 Å². The van der Waals surface area contributed by atoms with Gasteiger partial charge in [-0.15, -0.1) is 5.10 Å². The Morgan fingerprint density at radius 1 is 1.16 bits per heavy atom. The fourth-order valence-electron chi connectivity index (χ4n) is 5.06. The molecule has 0 bridgehead atoms. The van der Waals surface area contributed by atoms with Crippen molar-refractivity contribution in [3.05, 3.63) is 77.0 Å². The summed E-state index contributed by atoms with van der Waals surface area (Å²) in [5, 5.41) is 11.1. The van der Waals surface area contributed by atoms with Gasteiger partial charge in [0.25, 0.3) is 5.91 Å². The molecule has 0 spiro atoms. The molecule has 13 heteroatoms. The molecule has 2 aliphatic rings. The Morgan fingerprint density at radius 2 is 2.03 bits per heavy atom. The molecule has 5 heterocycles. The summed E-state index contributed by atoms with van der Waals surface area (Å²) in [5.41, 5.74) is 8.02. The first-order valence-electron chi connectivity index (χ1n) is 11.5. The average Bonchev–Trinajstić information content (AvgIpc) is 3.66. The number of amides is 2. The summed E-state index contributed by atoms with van der Waals surface area (Å²) in [6.07, 6.45) is 7.88.